The van der Waals surface area contributed by atoms with Gasteiger partial charge in [-0.1, -0.05) is 13.8 Å². The number of aromatic amines is 2. The van der Waals surface area contributed by atoms with Crippen molar-refractivity contribution in [3.63, 3.8) is 0 Å². The minimum absolute atomic E-state index is 0.116. The molecular formula is C14H18N4O3. The molecule has 1 amide bonds. The van der Waals surface area contributed by atoms with Crippen LogP contribution in [0.5, 0.6) is 0 Å². The number of aromatic nitrogens is 2. The van der Waals surface area contributed by atoms with E-state index in [4.69, 9.17) is 0 Å². The van der Waals surface area contributed by atoms with Crippen LogP contribution in [-0.4, -0.2) is 28.5 Å². The second-order valence-electron chi connectivity index (χ2n) is 5.08. The number of H-pyrrole nitrogens is 2. The number of amides is 1. The Bertz CT molecular complexity index is 761. The zero-order valence-electron chi connectivity index (χ0n) is 11.9. The molecule has 2 rings (SSSR count). The molecule has 4 N–H and O–H groups in total. The number of fused-ring (bicyclic) bond motifs is 1. The molecule has 0 aliphatic rings. The van der Waals surface area contributed by atoms with Gasteiger partial charge in [-0.3, -0.25) is 14.4 Å². The van der Waals surface area contributed by atoms with Gasteiger partial charge in [0.2, 0.25) is 5.91 Å². The Morgan fingerprint density at radius 1 is 1.14 bits per heavy atom. The SMILES string of the molecule is CC(C)NCCC(=O)Nc1ccc2[nH]c(=O)c(=O)[nH]c2c1. The van der Waals surface area contributed by atoms with Gasteiger partial charge < -0.3 is 20.6 Å². The number of nitrogens with one attached hydrogen (secondary N) is 4. The van der Waals surface area contributed by atoms with Crippen molar-refractivity contribution in [2.24, 2.45) is 0 Å². The maximum atomic E-state index is 11.8. The van der Waals surface area contributed by atoms with E-state index in [2.05, 4.69) is 20.6 Å². The lowest BCUT2D eigenvalue weighted by Crippen LogP contribution is -2.29. The normalized spacial score (nSPS) is 11.0. The van der Waals surface area contributed by atoms with Crippen LogP contribution in [0.3, 0.4) is 0 Å². The molecule has 112 valence electrons. The molecule has 21 heavy (non-hydrogen) atoms. The summed E-state index contributed by atoms with van der Waals surface area (Å²) >= 11 is 0. The Labute approximate surface area is 120 Å². The van der Waals surface area contributed by atoms with E-state index in [9.17, 15) is 14.4 Å². The molecule has 0 bridgehead atoms. The van der Waals surface area contributed by atoms with Gasteiger partial charge in [-0.2, -0.15) is 0 Å². The molecule has 7 nitrogen and oxygen atoms in total. The third-order valence-corrected chi connectivity index (χ3v) is 2.91. The van der Waals surface area contributed by atoms with Gasteiger partial charge in [-0.15, -0.1) is 0 Å². The quantitative estimate of drug-likeness (QED) is 0.603. The fraction of sp³-hybridized carbons (Fsp3) is 0.357. The van der Waals surface area contributed by atoms with Gasteiger partial charge >= 0.3 is 11.1 Å². The van der Waals surface area contributed by atoms with Crippen LogP contribution in [-0.2, 0) is 4.79 Å². The summed E-state index contributed by atoms with van der Waals surface area (Å²) < 4.78 is 0. The predicted octanol–water partition coefficient (Wildman–Crippen LogP) is 0.543. The zero-order chi connectivity index (χ0) is 15.4. The Morgan fingerprint density at radius 3 is 2.48 bits per heavy atom. The Hall–Kier alpha value is -2.41. The van der Waals surface area contributed by atoms with Crippen LogP contribution < -0.4 is 21.8 Å². The Morgan fingerprint density at radius 2 is 1.81 bits per heavy atom. The topological polar surface area (TPSA) is 107 Å². The summed E-state index contributed by atoms with van der Waals surface area (Å²) in [5.41, 5.74) is 0.141. The van der Waals surface area contributed by atoms with E-state index in [1.807, 2.05) is 13.8 Å². The summed E-state index contributed by atoms with van der Waals surface area (Å²) in [7, 11) is 0. The molecule has 0 spiro atoms. The van der Waals surface area contributed by atoms with E-state index < -0.39 is 11.1 Å². The highest BCUT2D eigenvalue weighted by Crippen LogP contribution is 2.13. The minimum Gasteiger partial charge on any atom is -0.326 e. The van der Waals surface area contributed by atoms with E-state index in [1.165, 1.54) is 0 Å². The summed E-state index contributed by atoms with van der Waals surface area (Å²) in [4.78, 5) is 39.2. The highest BCUT2D eigenvalue weighted by molar-refractivity contribution is 5.92. The van der Waals surface area contributed by atoms with Crippen LogP contribution in [0.25, 0.3) is 11.0 Å². The zero-order valence-corrected chi connectivity index (χ0v) is 11.9. The van der Waals surface area contributed by atoms with Crippen LogP contribution >= 0.6 is 0 Å². The van der Waals surface area contributed by atoms with Crippen molar-refractivity contribution < 1.29 is 4.79 Å². The summed E-state index contributed by atoms with van der Waals surface area (Å²) in [6.07, 6.45) is 0.359. The van der Waals surface area contributed by atoms with Crippen LogP contribution in [0, 0.1) is 0 Å². The average molecular weight is 290 g/mol. The van der Waals surface area contributed by atoms with Crippen molar-refractivity contribution in [3.05, 3.63) is 38.9 Å². The summed E-state index contributed by atoms with van der Waals surface area (Å²) in [5, 5.41) is 5.91. The number of benzene rings is 1. The van der Waals surface area contributed by atoms with Gasteiger partial charge in [0.05, 0.1) is 11.0 Å². The predicted molar refractivity (Wildman–Crippen MR) is 81.6 cm³/mol. The average Bonchev–Trinajstić information content (AvgIpc) is 2.40. The number of rotatable bonds is 5. The molecule has 2 aromatic rings. The molecule has 0 aliphatic carbocycles. The first-order valence-corrected chi connectivity index (χ1v) is 6.75. The second kappa shape index (κ2) is 6.36. The third kappa shape index (κ3) is 4.03. The van der Waals surface area contributed by atoms with Crippen LogP contribution in [0.1, 0.15) is 20.3 Å². The van der Waals surface area contributed by atoms with E-state index in [-0.39, 0.29) is 5.91 Å². The molecule has 0 saturated heterocycles. The molecule has 7 heteroatoms. The summed E-state index contributed by atoms with van der Waals surface area (Å²) in [6.45, 7) is 4.62. The van der Waals surface area contributed by atoms with Crippen molar-refractivity contribution in [2.45, 2.75) is 26.3 Å². The van der Waals surface area contributed by atoms with Crippen molar-refractivity contribution in [1.29, 1.82) is 0 Å². The molecule has 0 fully saturated rings. The van der Waals surface area contributed by atoms with E-state index in [0.29, 0.717) is 35.7 Å². The van der Waals surface area contributed by atoms with Crippen molar-refractivity contribution in [3.8, 4) is 0 Å². The van der Waals surface area contributed by atoms with Crippen LogP contribution in [0.2, 0.25) is 0 Å². The van der Waals surface area contributed by atoms with Gasteiger partial charge in [0.25, 0.3) is 0 Å². The largest absolute Gasteiger partial charge is 0.326 e. The molecular weight excluding hydrogens is 272 g/mol. The van der Waals surface area contributed by atoms with Gasteiger partial charge in [0, 0.05) is 24.7 Å². The number of carbonyl (C=O) groups is 1. The molecule has 1 aromatic carbocycles. The number of hydrogen-bond donors (Lipinski definition) is 4. The maximum Gasteiger partial charge on any atom is 0.314 e. The summed E-state index contributed by atoms with van der Waals surface area (Å²) in [5.74, 6) is -0.116. The van der Waals surface area contributed by atoms with E-state index >= 15 is 0 Å². The Balaban J connectivity index is 2.09. The van der Waals surface area contributed by atoms with Gasteiger partial charge in [0.1, 0.15) is 0 Å². The minimum atomic E-state index is -0.716. The van der Waals surface area contributed by atoms with Crippen molar-refractivity contribution in [2.75, 3.05) is 11.9 Å². The van der Waals surface area contributed by atoms with Crippen LogP contribution in [0.4, 0.5) is 5.69 Å². The Kier molecular flexibility index (Phi) is 4.54. The number of anilines is 1. The molecule has 0 atom stereocenters. The molecule has 1 heterocycles. The first-order valence-electron chi connectivity index (χ1n) is 6.75. The lowest BCUT2D eigenvalue weighted by atomic mass is 10.2. The highest BCUT2D eigenvalue weighted by atomic mass is 16.2. The fourth-order valence-corrected chi connectivity index (χ4v) is 1.89. The first-order chi connectivity index (χ1) is 9.95. The molecule has 0 radical (unpaired) electrons. The molecule has 1 aromatic heterocycles. The number of hydrogen-bond acceptors (Lipinski definition) is 4. The van der Waals surface area contributed by atoms with Crippen LogP contribution in [0.15, 0.2) is 27.8 Å². The van der Waals surface area contributed by atoms with E-state index in [0.717, 1.165) is 0 Å². The third-order valence-electron chi connectivity index (χ3n) is 2.91. The highest BCUT2D eigenvalue weighted by Gasteiger charge is 2.05. The lowest BCUT2D eigenvalue weighted by molar-refractivity contribution is -0.116. The van der Waals surface area contributed by atoms with E-state index in [1.54, 1.807) is 18.2 Å². The van der Waals surface area contributed by atoms with Gasteiger partial charge in [0.15, 0.2) is 0 Å². The molecule has 0 unspecified atom stereocenters. The standard InChI is InChI=1S/C14H18N4O3/c1-8(2)15-6-5-12(19)16-9-3-4-10-11(7-9)18-14(21)13(20)17-10/h3-4,7-8,15H,5-6H2,1-2H3,(H,16,19)(H,17,20)(H,18,21). The fourth-order valence-electron chi connectivity index (χ4n) is 1.89. The monoisotopic (exact) mass is 290 g/mol. The lowest BCUT2D eigenvalue weighted by Gasteiger charge is -2.09. The summed E-state index contributed by atoms with van der Waals surface area (Å²) in [6, 6.07) is 5.25. The smallest absolute Gasteiger partial charge is 0.314 e. The number of carbonyl (C=O) groups excluding carboxylic acids is 1. The second-order valence-corrected chi connectivity index (χ2v) is 5.08. The maximum absolute atomic E-state index is 11.8. The van der Waals surface area contributed by atoms with Gasteiger partial charge in [-0.05, 0) is 18.2 Å². The molecule has 0 saturated carbocycles. The van der Waals surface area contributed by atoms with Gasteiger partial charge in [-0.25, -0.2) is 0 Å². The molecule has 0 aliphatic heterocycles. The first kappa shape index (κ1) is 15.0. The van der Waals surface area contributed by atoms with Crippen molar-refractivity contribution >= 4 is 22.6 Å². The van der Waals surface area contributed by atoms with Crippen molar-refractivity contribution in [1.82, 2.24) is 15.3 Å².